The van der Waals surface area contributed by atoms with Crippen LogP contribution in [0, 0.1) is 5.92 Å². The summed E-state index contributed by atoms with van der Waals surface area (Å²) in [7, 11) is -2.30. The van der Waals surface area contributed by atoms with Gasteiger partial charge in [-0.25, -0.2) is 8.42 Å². The number of fused-ring (bicyclic) bond motifs is 1. The number of carboxylic acids is 1. The van der Waals surface area contributed by atoms with E-state index in [9.17, 15) is 18.3 Å². The molecule has 1 aromatic rings. The van der Waals surface area contributed by atoms with Gasteiger partial charge >= 0.3 is 5.97 Å². The molecule has 1 aromatic carbocycles. The van der Waals surface area contributed by atoms with Gasteiger partial charge in [-0.05, 0) is 42.9 Å². The molecule has 6 nitrogen and oxygen atoms in total. The number of carboxylic acid groups (broad SMARTS) is 1. The molecule has 0 spiro atoms. The lowest BCUT2D eigenvalue weighted by Crippen LogP contribution is -2.46. The van der Waals surface area contributed by atoms with Crippen molar-refractivity contribution < 1.29 is 23.1 Å². The van der Waals surface area contributed by atoms with Gasteiger partial charge in [0.2, 0.25) is 10.0 Å². The van der Waals surface area contributed by atoms with Gasteiger partial charge < -0.3 is 9.84 Å². The fraction of sp³-hybridized carbons (Fsp3) is 0.588. The normalized spacial score (nSPS) is 27.8. The topological polar surface area (TPSA) is 83.9 Å². The van der Waals surface area contributed by atoms with Gasteiger partial charge in [-0.1, -0.05) is 25.0 Å². The molecule has 0 aromatic heterocycles. The molecule has 24 heavy (non-hydrogen) atoms. The van der Waals surface area contributed by atoms with Crippen LogP contribution in [0.4, 0.5) is 0 Å². The third kappa shape index (κ3) is 3.08. The summed E-state index contributed by atoms with van der Waals surface area (Å²) in [6.45, 7) is 0.317. The molecule has 7 heteroatoms. The summed E-state index contributed by atoms with van der Waals surface area (Å²) in [6.07, 6.45) is 4.06. The molecule has 132 valence electrons. The molecule has 2 aliphatic rings. The number of hydrogen-bond donors (Lipinski definition) is 1. The first-order chi connectivity index (χ1) is 11.4. The fourth-order valence-corrected chi connectivity index (χ4v) is 6.00. The van der Waals surface area contributed by atoms with Gasteiger partial charge in [-0.3, -0.25) is 4.79 Å². The number of sulfonamides is 1. The van der Waals surface area contributed by atoms with Crippen molar-refractivity contribution in [3.05, 3.63) is 29.8 Å². The van der Waals surface area contributed by atoms with Crippen LogP contribution in [0.5, 0.6) is 0 Å². The third-order valence-electron chi connectivity index (χ3n) is 5.10. The van der Waals surface area contributed by atoms with Gasteiger partial charge in [0.15, 0.2) is 0 Å². The first-order valence-corrected chi connectivity index (χ1v) is 9.73. The molecule has 0 amide bonds. The van der Waals surface area contributed by atoms with E-state index in [2.05, 4.69) is 0 Å². The highest BCUT2D eigenvalue weighted by Crippen LogP contribution is 2.42. The minimum atomic E-state index is -3.85. The van der Waals surface area contributed by atoms with E-state index in [1.54, 1.807) is 25.3 Å². The smallest absolute Gasteiger partial charge is 0.322 e. The summed E-state index contributed by atoms with van der Waals surface area (Å²) in [6, 6.07) is 5.41. The average Bonchev–Trinajstić information content (AvgIpc) is 2.96. The van der Waals surface area contributed by atoms with E-state index in [1.807, 2.05) is 0 Å². The lowest BCUT2D eigenvalue weighted by molar-refractivity contribution is -0.141. The monoisotopic (exact) mass is 353 g/mol. The van der Waals surface area contributed by atoms with E-state index < -0.39 is 22.0 Å². The zero-order chi connectivity index (χ0) is 17.3. The lowest BCUT2D eigenvalue weighted by Gasteiger charge is -2.32. The van der Waals surface area contributed by atoms with Crippen molar-refractivity contribution in [1.82, 2.24) is 4.31 Å². The largest absolute Gasteiger partial charge is 0.480 e. The summed E-state index contributed by atoms with van der Waals surface area (Å²) < 4.78 is 32.7. The van der Waals surface area contributed by atoms with Crippen molar-refractivity contribution in [2.45, 2.75) is 55.7 Å². The SMILES string of the molecule is COCc1cccc(S(=O)(=O)N2C(C(=O)O)CC3CCCCC32)c1. The molecule has 0 radical (unpaired) electrons. The van der Waals surface area contributed by atoms with E-state index in [1.165, 1.54) is 10.4 Å². The van der Waals surface area contributed by atoms with Crippen LogP contribution >= 0.6 is 0 Å². The van der Waals surface area contributed by atoms with Crippen LogP contribution in [0.1, 0.15) is 37.7 Å². The van der Waals surface area contributed by atoms with Crippen LogP contribution in [0.2, 0.25) is 0 Å². The molecule has 1 heterocycles. The molecular formula is C17H23NO5S. The third-order valence-corrected chi connectivity index (χ3v) is 7.03. The van der Waals surface area contributed by atoms with Crippen molar-refractivity contribution in [3.8, 4) is 0 Å². The molecule has 1 N–H and O–H groups in total. The zero-order valence-electron chi connectivity index (χ0n) is 13.7. The van der Waals surface area contributed by atoms with Gasteiger partial charge in [0, 0.05) is 13.2 Å². The Labute approximate surface area is 142 Å². The quantitative estimate of drug-likeness (QED) is 0.878. The van der Waals surface area contributed by atoms with E-state index >= 15 is 0 Å². The number of carbonyl (C=O) groups is 1. The summed E-state index contributed by atoms with van der Waals surface area (Å²) in [4.78, 5) is 11.8. The maximum absolute atomic E-state index is 13.2. The zero-order valence-corrected chi connectivity index (χ0v) is 14.5. The second-order valence-electron chi connectivity index (χ2n) is 6.62. The first-order valence-electron chi connectivity index (χ1n) is 8.29. The van der Waals surface area contributed by atoms with Crippen molar-refractivity contribution in [1.29, 1.82) is 0 Å². The number of ether oxygens (including phenoxy) is 1. The van der Waals surface area contributed by atoms with Gasteiger partial charge in [0.1, 0.15) is 6.04 Å². The highest BCUT2D eigenvalue weighted by molar-refractivity contribution is 7.89. The minimum Gasteiger partial charge on any atom is -0.480 e. The molecule has 1 aliphatic carbocycles. The number of hydrogen-bond acceptors (Lipinski definition) is 4. The van der Waals surface area contributed by atoms with Crippen molar-refractivity contribution >= 4 is 16.0 Å². The van der Waals surface area contributed by atoms with Crippen LogP contribution < -0.4 is 0 Å². The lowest BCUT2D eigenvalue weighted by atomic mass is 9.85. The Bertz CT molecular complexity index is 717. The second kappa shape index (κ2) is 6.82. The van der Waals surface area contributed by atoms with Crippen molar-refractivity contribution in [2.24, 2.45) is 5.92 Å². The number of rotatable bonds is 5. The molecule has 0 bridgehead atoms. The summed E-state index contributed by atoms with van der Waals surface area (Å²) >= 11 is 0. The highest BCUT2D eigenvalue weighted by Gasteiger charge is 2.51. The molecule has 3 rings (SSSR count). The molecule has 3 atom stereocenters. The average molecular weight is 353 g/mol. The molecule has 1 saturated heterocycles. The van der Waals surface area contributed by atoms with Gasteiger partial charge in [-0.15, -0.1) is 0 Å². The fourth-order valence-electron chi connectivity index (χ4n) is 4.06. The molecular weight excluding hydrogens is 330 g/mol. The van der Waals surface area contributed by atoms with E-state index in [0.29, 0.717) is 13.0 Å². The van der Waals surface area contributed by atoms with Crippen LogP contribution in [0.25, 0.3) is 0 Å². The van der Waals surface area contributed by atoms with Crippen molar-refractivity contribution in [2.75, 3.05) is 7.11 Å². The Morgan fingerprint density at radius 3 is 2.79 bits per heavy atom. The Morgan fingerprint density at radius 1 is 1.33 bits per heavy atom. The number of aliphatic carboxylic acids is 1. The Hall–Kier alpha value is -1.44. The Balaban J connectivity index is 1.99. The van der Waals surface area contributed by atoms with Crippen LogP contribution in [0.3, 0.4) is 0 Å². The van der Waals surface area contributed by atoms with E-state index in [-0.39, 0.29) is 16.9 Å². The van der Waals surface area contributed by atoms with Crippen LogP contribution in [-0.2, 0) is 26.2 Å². The maximum Gasteiger partial charge on any atom is 0.322 e. The van der Waals surface area contributed by atoms with Gasteiger partial charge in [0.25, 0.3) is 0 Å². The van der Waals surface area contributed by atoms with Gasteiger partial charge in [0.05, 0.1) is 11.5 Å². The number of methoxy groups -OCH3 is 1. The highest BCUT2D eigenvalue weighted by atomic mass is 32.2. The number of nitrogens with zero attached hydrogens (tertiary/aromatic N) is 1. The molecule has 3 unspecified atom stereocenters. The van der Waals surface area contributed by atoms with Crippen LogP contribution in [-0.4, -0.2) is 43.0 Å². The molecule has 2 fully saturated rings. The number of benzene rings is 1. The minimum absolute atomic E-state index is 0.148. The van der Waals surface area contributed by atoms with Crippen molar-refractivity contribution in [3.63, 3.8) is 0 Å². The van der Waals surface area contributed by atoms with Crippen LogP contribution in [0.15, 0.2) is 29.2 Å². The second-order valence-corrected chi connectivity index (χ2v) is 8.46. The molecule has 1 aliphatic heterocycles. The molecule has 1 saturated carbocycles. The standard InChI is InChI=1S/C17H23NO5S/c1-23-11-12-5-4-7-14(9-12)24(21,22)18-15-8-3-2-6-13(15)10-16(18)17(19)20/h4-5,7,9,13,15-16H,2-3,6,8,10-11H2,1H3,(H,19,20). The van der Waals surface area contributed by atoms with Gasteiger partial charge in [-0.2, -0.15) is 4.31 Å². The summed E-state index contributed by atoms with van der Waals surface area (Å²) in [5.74, 6) is -0.905. The maximum atomic E-state index is 13.2. The predicted molar refractivity (Wildman–Crippen MR) is 88.0 cm³/mol. The Kier molecular flexibility index (Phi) is 4.94. The van der Waals surface area contributed by atoms with E-state index in [4.69, 9.17) is 4.74 Å². The summed E-state index contributed by atoms with van der Waals surface area (Å²) in [5, 5.41) is 9.55. The first kappa shape index (κ1) is 17.4. The predicted octanol–water partition coefficient (Wildman–Crippen LogP) is 2.24. The Morgan fingerprint density at radius 2 is 2.08 bits per heavy atom. The van der Waals surface area contributed by atoms with E-state index in [0.717, 1.165) is 31.2 Å². The summed E-state index contributed by atoms with van der Waals surface area (Å²) in [5.41, 5.74) is 0.754.